The smallest absolute Gasteiger partial charge is 0.301 e. The molecule has 2 aromatic carbocycles. The molecule has 0 saturated carbocycles. The van der Waals surface area contributed by atoms with Gasteiger partial charge in [-0.2, -0.15) is 0 Å². The molecule has 0 radical (unpaired) electrons. The van der Waals surface area contributed by atoms with Crippen molar-refractivity contribution in [2.24, 2.45) is 0 Å². The maximum Gasteiger partial charge on any atom is 0.301 e. The molecule has 0 bridgehead atoms. The predicted molar refractivity (Wildman–Crippen MR) is 93.0 cm³/mol. The number of nitrogens with one attached hydrogen (secondary N) is 1. The van der Waals surface area contributed by atoms with Crippen molar-refractivity contribution in [3.63, 3.8) is 0 Å². The summed E-state index contributed by atoms with van der Waals surface area (Å²) in [5, 5.41) is 24.2. The molecule has 0 atom stereocenters. The zero-order valence-corrected chi connectivity index (χ0v) is 13.0. The molecule has 0 fully saturated rings. The Morgan fingerprint density at radius 3 is 2.54 bits per heavy atom. The number of nitro groups is 1. The van der Waals surface area contributed by atoms with Crippen molar-refractivity contribution in [1.82, 2.24) is 4.98 Å². The van der Waals surface area contributed by atoms with E-state index >= 15 is 0 Å². The molecule has 24 heavy (non-hydrogen) atoms. The molecule has 0 aliphatic rings. The molecule has 1 heterocycles. The van der Waals surface area contributed by atoms with Gasteiger partial charge in [-0.3, -0.25) is 15.1 Å². The lowest BCUT2D eigenvalue weighted by Crippen LogP contribution is -2.07. The van der Waals surface area contributed by atoms with E-state index in [1.165, 1.54) is 0 Å². The first-order valence-electron chi connectivity index (χ1n) is 7.63. The van der Waals surface area contributed by atoms with Crippen LogP contribution in [0.4, 0.5) is 11.4 Å². The third-order valence-corrected chi connectivity index (χ3v) is 3.87. The van der Waals surface area contributed by atoms with Gasteiger partial charge in [0, 0.05) is 12.7 Å². The molecule has 0 aliphatic carbocycles. The maximum atomic E-state index is 11.5. The van der Waals surface area contributed by atoms with Gasteiger partial charge in [0.15, 0.2) is 0 Å². The third kappa shape index (κ3) is 3.33. The molecule has 1 aromatic heterocycles. The Bertz CT molecular complexity index is 863. The first kappa shape index (κ1) is 15.9. The van der Waals surface area contributed by atoms with Gasteiger partial charge in [-0.1, -0.05) is 24.3 Å². The Hall–Kier alpha value is -2.99. The highest BCUT2D eigenvalue weighted by Crippen LogP contribution is 2.32. The van der Waals surface area contributed by atoms with Crippen molar-refractivity contribution in [2.45, 2.75) is 13.0 Å². The Kier molecular flexibility index (Phi) is 4.67. The topological polar surface area (TPSA) is 88.3 Å². The Balaban J connectivity index is 1.77. The van der Waals surface area contributed by atoms with E-state index in [0.717, 1.165) is 17.5 Å². The minimum absolute atomic E-state index is 0.0237. The van der Waals surface area contributed by atoms with Gasteiger partial charge in [0.1, 0.15) is 5.69 Å². The number of aliphatic hydroxyl groups is 1. The van der Waals surface area contributed by atoms with Crippen LogP contribution >= 0.6 is 0 Å². The Morgan fingerprint density at radius 1 is 1.08 bits per heavy atom. The highest BCUT2D eigenvalue weighted by molar-refractivity contribution is 5.94. The molecule has 3 aromatic rings. The average Bonchev–Trinajstić information content (AvgIpc) is 2.61. The van der Waals surface area contributed by atoms with Crippen LogP contribution in [0.3, 0.4) is 0 Å². The molecule has 3 rings (SSSR count). The van der Waals surface area contributed by atoms with Gasteiger partial charge in [0.05, 0.1) is 22.4 Å². The molecule has 6 nitrogen and oxygen atoms in total. The summed E-state index contributed by atoms with van der Waals surface area (Å²) in [7, 11) is 0. The van der Waals surface area contributed by atoms with E-state index in [1.54, 1.807) is 30.5 Å². The molecule has 6 heteroatoms. The zero-order chi connectivity index (χ0) is 16.9. The summed E-state index contributed by atoms with van der Waals surface area (Å²) in [6.07, 6.45) is 2.35. The quantitative estimate of drug-likeness (QED) is 0.537. The van der Waals surface area contributed by atoms with Crippen LogP contribution in [0.15, 0.2) is 54.7 Å². The minimum Gasteiger partial charge on any atom is -0.392 e. The minimum atomic E-state index is -0.373. The van der Waals surface area contributed by atoms with E-state index in [4.69, 9.17) is 5.11 Å². The lowest BCUT2D eigenvalue weighted by atomic mass is 10.1. The summed E-state index contributed by atoms with van der Waals surface area (Å²) in [5.41, 5.74) is 3.12. The molecule has 0 amide bonds. The lowest BCUT2D eigenvalue weighted by molar-refractivity contribution is -0.382. The normalized spacial score (nSPS) is 10.7. The zero-order valence-electron chi connectivity index (χ0n) is 13.0. The van der Waals surface area contributed by atoms with Crippen LogP contribution < -0.4 is 5.32 Å². The van der Waals surface area contributed by atoms with Gasteiger partial charge in [0.25, 0.3) is 0 Å². The summed E-state index contributed by atoms with van der Waals surface area (Å²) >= 11 is 0. The SMILES string of the molecule is O=[N+]([O-])c1c(NCCc2ccc(CO)cc2)ccc2ncccc12. The summed E-state index contributed by atoms with van der Waals surface area (Å²) < 4.78 is 0. The second-order valence-corrected chi connectivity index (χ2v) is 5.44. The summed E-state index contributed by atoms with van der Waals surface area (Å²) in [5.74, 6) is 0. The van der Waals surface area contributed by atoms with Crippen LogP contribution in [0.1, 0.15) is 11.1 Å². The predicted octanol–water partition coefficient (Wildman–Crippen LogP) is 3.29. The summed E-state index contributed by atoms with van der Waals surface area (Å²) in [6.45, 7) is 0.598. The number of benzene rings is 2. The largest absolute Gasteiger partial charge is 0.392 e. The summed E-state index contributed by atoms with van der Waals surface area (Å²) in [4.78, 5) is 15.2. The van der Waals surface area contributed by atoms with E-state index in [1.807, 2.05) is 24.3 Å². The number of nitrogens with zero attached hydrogens (tertiary/aromatic N) is 2. The molecule has 0 unspecified atom stereocenters. The van der Waals surface area contributed by atoms with Crippen LogP contribution in [-0.2, 0) is 13.0 Å². The van der Waals surface area contributed by atoms with E-state index in [0.29, 0.717) is 23.1 Å². The van der Waals surface area contributed by atoms with Crippen molar-refractivity contribution >= 4 is 22.3 Å². The Labute approximate surface area is 138 Å². The van der Waals surface area contributed by atoms with Gasteiger partial charge < -0.3 is 10.4 Å². The van der Waals surface area contributed by atoms with Crippen molar-refractivity contribution in [3.8, 4) is 0 Å². The van der Waals surface area contributed by atoms with Crippen molar-refractivity contribution in [3.05, 3.63) is 76.0 Å². The molecular formula is C18H17N3O3. The first-order valence-corrected chi connectivity index (χ1v) is 7.63. The van der Waals surface area contributed by atoms with Crippen LogP contribution in [0.5, 0.6) is 0 Å². The van der Waals surface area contributed by atoms with Crippen LogP contribution in [0, 0.1) is 10.1 Å². The van der Waals surface area contributed by atoms with E-state index in [-0.39, 0.29) is 17.2 Å². The maximum absolute atomic E-state index is 11.5. The number of pyridine rings is 1. The number of hydrogen-bond donors (Lipinski definition) is 2. The van der Waals surface area contributed by atoms with Crippen LogP contribution in [-0.4, -0.2) is 21.6 Å². The molecule has 0 aliphatic heterocycles. The fourth-order valence-electron chi connectivity index (χ4n) is 2.63. The number of hydrogen-bond acceptors (Lipinski definition) is 5. The summed E-state index contributed by atoms with van der Waals surface area (Å²) in [6, 6.07) is 14.5. The first-order chi connectivity index (χ1) is 11.7. The van der Waals surface area contributed by atoms with E-state index in [9.17, 15) is 10.1 Å². The number of aromatic nitrogens is 1. The second-order valence-electron chi connectivity index (χ2n) is 5.44. The van der Waals surface area contributed by atoms with Crippen LogP contribution in [0.2, 0.25) is 0 Å². The van der Waals surface area contributed by atoms with Crippen molar-refractivity contribution < 1.29 is 10.0 Å². The standard InChI is InChI=1S/C18H17N3O3/c22-12-14-5-3-13(4-6-14)9-11-20-17-8-7-16-15(2-1-10-19-16)18(17)21(23)24/h1-8,10,20,22H,9,11-12H2. The van der Waals surface area contributed by atoms with Gasteiger partial charge in [-0.25, -0.2) is 0 Å². The highest BCUT2D eigenvalue weighted by atomic mass is 16.6. The number of rotatable bonds is 6. The van der Waals surface area contributed by atoms with E-state index in [2.05, 4.69) is 10.3 Å². The average molecular weight is 323 g/mol. The van der Waals surface area contributed by atoms with E-state index < -0.39 is 0 Å². The lowest BCUT2D eigenvalue weighted by Gasteiger charge is -2.09. The molecule has 122 valence electrons. The van der Waals surface area contributed by atoms with Gasteiger partial charge in [-0.05, 0) is 41.8 Å². The number of nitro benzene ring substituents is 1. The second kappa shape index (κ2) is 7.06. The highest BCUT2D eigenvalue weighted by Gasteiger charge is 2.18. The van der Waals surface area contributed by atoms with Crippen molar-refractivity contribution in [2.75, 3.05) is 11.9 Å². The molecular weight excluding hydrogens is 306 g/mol. The fourth-order valence-corrected chi connectivity index (χ4v) is 2.63. The number of aliphatic hydroxyl groups excluding tert-OH is 1. The molecule has 0 saturated heterocycles. The number of fused-ring (bicyclic) bond motifs is 1. The van der Waals surface area contributed by atoms with Gasteiger partial charge in [-0.15, -0.1) is 0 Å². The Morgan fingerprint density at radius 2 is 1.83 bits per heavy atom. The molecule has 2 N–H and O–H groups in total. The van der Waals surface area contributed by atoms with Crippen LogP contribution in [0.25, 0.3) is 10.9 Å². The van der Waals surface area contributed by atoms with Gasteiger partial charge >= 0.3 is 5.69 Å². The van der Waals surface area contributed by atoms with Gasteiger partial charge in [0.2, 0.25) is 0 Å². The third-order valence-electron chi connectivity index (χ3n) is 3.87. The fraction of sp³-hybridized carbons (Fsp3) is 0.167. The van der Waals surface area contributed by atoms with Crippen molar-refractivity contribution in [1.29, 1.82) is 0 Å². The number of anilines is 1. The monoisotopic (exact) mass is 323 g/mol. The molecule has 0 spiro atoms.